The van der Waals surface area contributed by atoms with Crippen molar-refractivity contribution >= 4 is 11.6 Å². The summed E-state index contributed by atoms with van der Waals surface area (Å²) < 4.78 is 32.5. The number of alkyl halides is 2. The number of pyridine rings is 1. The highest BCUT2D eigenvalue weighted by atomic mass is 19.3. The number of nitrogens with one attached hydrogen (secondary N) is 1. The van der Waals surface area contributed by atoms with E-state index in [0.717, 1.165) is 37.2 Å². The molecule has 31 heavy (non-hydrogen) atoms. The maximum absolute atomic E-state index is 13.1. The van der Waals surface area contributed by atoms with Crippen LogP contribution in [0.15, 0.2) is 47.4 Å². The summed E-state index contributed by atoms with van der Waals surface area (Å²) in [6, 6.07) is 9.52. The van der Waals surface area contributed by atoms with Gasteiger partial charge in [0.15, 0.2) is 6.10 Å². The van der Waals surface area contributed by atoms with Crippen LogP contribution in [0, 0.1) is 0 Å². The van der Waals surface area contributed by atoms with Gasteiger partial charge in [0.1, 0.15) is 5.75 Å². The van der Waals surface area contributed by atoms with Gasteiger partial charge in [-0.2, -0.15) is 8.78 Å². The number of hydrogen-bond acceptors (Lipinski definition) is 5. The largest absolute Gasteiger partial charge is 0.477 e. The zero-order valence-electron chi connectivity index (χ0n) is 16.9. The van der Waals surface area contributed by atoms with Crippen LogP contribution in [0.4, 0.5) is 14.5 Å². The van der Waals surface area contributed by atoms with Gasteiger partial charge >= 0.3 is 6.55 Å². The minimum Gasteiger partial charge on any atom is -0.477 e. The van der Waals surface area contributed by atoms with Crippen LogP contribution < -0.4 is 20.5 Å². The number of halogens is 2. The van der Waals surface area contributed by atoms with Gasteiger partial charge in [0, 0.05) is 18.8 Å². The lowest BCUT2D eigenvalue weighted by Crippen LogP contribution is -2.54. The third kappa shape index (κ3) is 4.71. The molecule has 1 saturated carbocycles. The topological polar surface area (TPSA) is 83.8 Å². The molecule has 1 unspecified atom stereocenters. The monoisotopic (exact) mass is 433 g/mol. The van der Waals surface area contributed by atoms with Crippen molar-refractivity contribution in [3.8, 4) is 5.75 Å². The van der Waals surface area contributed by atoms with Crippen molar-refractivity contribution in [3.63, 3.8) is 0 Å². The maximum atomic E-state index is 13.1. The average molecular weight is 433 g/mol. The summed E-state index contributed by atoms with van der Waals surface area (Å²) in [6.45, 7) is -2.49. The van der Waals surface area contributed by atoms with Gasteiger partial charge in [-0.05, 0) is 30.5 Å². The number of carbonyl (C=O) groups is 1. The standard InChI is InChI=1S/C22H25F2N3O4/c23-22(24)27-12-14(9-10-20(27)29)11-26-13-19(31-18-8-4-2-6-16(18)26)21(30)25-15-5-1-3-7-17(15)28/h2,4,6,8-10,12,15,17,19,22,28H,1,3,5,7,11,13H2,(H,25,30)/t15-,17-,19?/m0/s1. The molecule has 4 rings (SSSR count). The Morgan fingerprint density at radius 2 is 1.97 bits per heavy atom. The molecule has 1 aromatic heterocycles. The van der Waals surface area contributed by atoms with E-state index < -0.39 is 24.3 Å². The van der Waals surface area contributed by atoms with E-state index in [0.29, 0.717) is 22.3 Å². The summed E-state index contributed by atoms with van der Waals surface area (Å²) in [5.74, 6) is 0.197. The van der Waals surface area contributed by atoms with Gasteiger partial charge in [0.2, 0.25) is 0 Å². The Kier molecular flexibility index (Phi) is 6.22. The molecule has 1 fully saturated rings. The number of amides is 1. The van der Waals surface area contributed by atoms with Gasteiger partial charge in [-0.1, -0.05) is 31.0 Å². The second kappa shape index (κ2) is 9.05. The lowest BCUT2D eigenvalue weighted by molar-refractivity contribution is -0.129. The van der Waals surface area contributed by atoms with Crippen LogP contribution in [0.25, 0.3) is 0 Å². The second-order valence-corrected chi connectivity index (χ2v) is 7.98. The van der Waals surface area contributed by atoms with Crippen molar-refractivity contribution in [2.75, 3.05) is 11.4 Å². The van der Waals surface area contributed by atoms with E-state index in [1.54, 1.807) is 12.1 Å². The molecule has 1 aliphatic heterocycles. The molecular formula is C22H25F2N3O4. The molecule has 2 heterocycles. The number of aliphatic hydroxyl groups excluding tert-OH is 1. The van der Waals surface area contributed by atoms with E-state index in [9.17, 15) is 23.5 Å². The van der Waals surface area contributed by atoms with Gasteiger partial charge in [0.25, 0.3) is 11.5 Å². The fourth-order valence-electron chi connectivity index (χ4n) is 4.16. The molecule has 0 saturated heterocycles. The first-order valence-electron chi connectivity index (χ1n) is 10.4. The Labute approximate surface area is 178 Å². The summed E-state index contributed by atoms with van der Waals surface area (Å²) in [5.41, 5.74) is 0.474. The van der Waals surface area contributed by atoms with Crippen molar-refractivity contribution in [1.82, 2.24) is 9.88 Å². The van der Waals surface area contributed by atoms with Gasteiger partial charge < -0.3 is 20.1 Å². The lowest BCUT2D eigenvalue weighted by atomic mass is 9.92. The van der Waals surface area contributed by atoms with Crippen LogP contribution >= 0.6 is 0 Å². The Morgan fingerprint density at radius 3 is 2.74 bits per heavy atom. The van der Waals surface area contributed by atoms with Crippen LogP contribution in [-0.4, -0.2) is 40.4 Å². The van der Waals surface area contributed by atoms with E-state index in [2.05, 4.69) is 5.32 Å². The summed E-state index contributed by atoms with van der Waals surface area (Å²) in [5, 5.41) is 13.1. The van der Waals surface area contributed by atoms with E-state index in [1.807, 2.05) is 17.0 Å². The third-order valence-electron chi connectivity index (χ3n) is 5.79. The van der Waals surface area contributed by atoms with E-state index in [-0.39, 0.29) is 25.0 Å². The van der Waals surface area contributed by atoms with Crippen LogP contribution in [0.1, 0.15) is 37.8 Å². The third-order valence-corrected chi connectivity index (χ3v) is 5.79. The molecule has 2 aromatic rings. The number of rotatable bonds is 5. The Bertz CT molecular complexity index is 997. The molecule has 0 spiro atoms. The zero-order valence-corrected chi connectivity index (χ0v) is 16.9. The molecule has 1 amide bonds. The molecule has 7 nitrogen and oxygen atoms in total. The summed E-state index contributed by atoms with van der Waals surface area (Å²) >= 11 is 0. The van der Waals surface area contributed by atoms with Crippen molar-refractivity contribution in [3.05, 3.63) is 58.5 Å². The first-order valence-corrected chi connectivity index (χ1v) is 10.4. The quantitative estimate of drug-likeness (QED) is 0.757. The van der Waals surface area contributed by atoms with E-state index in [1.165, 1.54) is 6.07 Å². The van der Waals surface area contributed by atoms with Gasteiger partial charge in [-0.15, -0.1) is 0 Å². The number of nitrogens with zero attached hydrogens (tertiary/aromatic N) is 2. The highest BCUT2D eigenvalue weighted by molar-refractivity contribution is 5.83. The highest BCUT2D eigenvalue weighted by Gasteiger charge is 2.33. The average Bonchev–Trinajstić information content (AvgIpc) is 2.76. The van der Waals surface area contributed by atoms with Crippen LogP contribution in [0.3, 0.4) is 0 Å². The van der Waals surface area contributed by atoms with E-state index >= 15 is 0 Å². The highest BCUT2D eigenvalue weighted by Crippen LogP contribution is 2.34. The molecule has 0 bridgehead atoms. The lowest BCUT2D eigenvalue weighted by Gasteiger charge is -2.37. The molecule has 2 aliphatic rings. The predicted molar refractivity (Wildman–Crippen MR) is 110 cm³/mol. The number of ether oxygens (including phenoxy) is 1. The smallest absolute Gasteiger partial charge is 0.321 e. The number of hydrogen-bond donors (Lipinski definition) is 2. The molecule has 9 heteroatoms. The fraction of sp³-hybridized carbons (Fsp3) is 0.455. The van der Waals surface area contributed by atoms with Crippen LogP contribution in [-0.2, 0) is 11.3 Å². The zero-order chi connectivity index (χ0) is 22.0. The Hall–Kier alpha value is -2.94. The van der Waals surface area contributed by atoms with Crippen molar-refractivity contribution < 1.29 is 23.4 Å². The van der Waals surface area contributed by atoms with Gasteiger partial charge in [-0.3, -0.25) is 14.2 Å². The van der Waals surface area contributed by atoms with Crippen molar-refractivity contribution in [1.29, 1.82) is 0 Å². The van der Waals surface area contributed by atoms with Crippen molar-refractivity contribution in [2.45, 2.75) is 57.0 Å². The number of para-hydroxylation sites is 2. The van der Waals surface area contributed by atoms with Crippen molar-refractivity contribution in [2.24, 2.45) is 0 Å². The number of benzene rings is 1. The number of anilines is 1. The SMILES string of the molecule is O=C(N[C@H]1CCCC[C@@H]1O)C1CN(Cc2ccc(=O)n(C(F)F)c2)c2ccccc2O1. The minimum atomic E-state index is -2.93. The van der Waals surface area contributed by atoms with E-state index in [4.69, 9.17) is 4.74 Å². The molecule has 3 atom stereocenters. The number of fused-ring (bicyclic) bond motifs is 1. The number of carbonyl (C=O) groups excluding carboxylic acids is 1. The first-order chi connectivity index (χ1) is 14.9. The number of aromatic nitrogens is 1. The van der Waals surface area contributed by atoms with Gasteiger partial charge in [-0.25, -0.2) is 0 Å². The normalized spacial score (nSPS) is 23.2. The molecule has 0 radical (unpaired) electrons. The first kappa shape index (κ1) is 21.3. The Balaban J connectivity index is 1.54. The van der Waals surface area contributed by atoms with Crippen LogP contribution in [0.5, 0.6) is 5.75 Å². The summed E-state index contributed by atoms with van der Waals surface area (Å²) in [6.07, 6.45) is 3.02. The maximum Gasteiger partial charge on any atom is 0.321 e. The summed E-state index contributed by atoms with van der Waals surface area (Å²) in [4.78, 5) is 26.4. The second-order valence-electron chi connectivity index (χ2n) is 7.98. The van der Waals surface area contributed by atoms with Crippen LogP contribution in [0.2, 0.25) is 0 Å². The molecule has 1 aliphatic carbocycles. The molecule has 1 aromatic carbocycles. The van der Waals surface area contributed by atoms with Gasteiger partial charge in [0.05, 0.1) is 24.4 Å². The molecule has 2 N–H and O–H groups in total. The fourth-order valence-corrected chi connectivity index (χ4v) is 4.16. The predicted octanol–water partition coefficient (Wildman–Crippen LogP) is 2.43. The summed E-state index contributed by atoms with van der Waals surface area (Å²) in [7, 11) is 0. The molecular weight excluding hydrogens is 408 g/mol. The Morgan fingerprint density at radius 1 is 1.19 bits per heavy atom. The minimum absolute atomic E-state index is 0.208. The number of aliphatic hydroxyl groups is 1. The molecule has 166 valence electrons.